The van der Waals surface area contributed by atoms with Gasteiger partial charge in [0, 0.05) is 18.8 Å². The van der Waals surface area contributed by atoms with Gasteiger partial charge in [-0.3, -0.25) is 4.79 Å². The van der Waals surface area contributed by atoms with Gasteiger partial charge >= 0.3 is 0 Å². The molecule has 3 N–H and O–H groups in total. The van der Waals surface area contributed by atoms with Crippen molar-refractivity contribution in [1.29, 1.82) is 0 Å². The van der Waals surface area contributed by atoms with Gasteiger partial charge in [-0.1, -0.05) is 0 Å². The number of aryl methyl sites for hydroxylation is 1. The predicted octanol–water partition coefficient (Wildman–Crippen LogP) is 0.973. The Labute approximate surface area is 113 Å². The van der Waals surface area contributed by atoms with Crippen LogP contribution in [-0.4, -0.2) is 28.6 Å². The van der Waals surface area contributed by atoms with E-state index in [-0.39, 0.29) is 18.4 Å². The summed E-state index contributed by atoms with van der Waals surface area (Å²) in [6, 6.07) is 2.28. The number of aromatic nitrogens is 1. The number of carbonyl (C=O) groups is 1. The van der Waals surface area contributed by atoms with Gasteiger partial charge < -0.3 is 15.7 Å². The quantitative estimate of drug-likeness (QED) is 0.851. The number of amides is 1. The van der Waals surface area contributed by atoms with Crippen molar-refractivity contribution in [2.45, 2.75) is 39.3 Å². The molecule has 2 heterocycles. The number of pyridine rings is 1. The van der Waals surface area contributed by atoms with Gasteiger partial charge in [-0.25, -0.2) is 4.98 Å². The summed E-state index contributed by atoms with van der Waals surface area (Å²) < 4.78 is 0. The maximum absolute atomic E-state index is 11.4. The maximum Gasteiger partial charge on any atom is 0.222 e. The summed E-state index contributed by atoms with van der Waals surface area (Å²) in [6.07, 6.45) is 3.47. The molecule has 1 amide bonds. The minimum Gasteiger partial charge on any atom is -0.392 e. The summed E-state index contributed by atoms with van der Waals surface area (Å²) in [5.41, 5.74) is 7.24. The highest BCUT2D eigenvalue weighted by atomic mass is 16.3. The lowest BCUT2D eigenvalue weighted by atomic mass is 9.92. The van der Waals surface area contributed by atoms with Gasteiger partial charge in [0.25, 0.3) is 0 Å². The zero-order chi connectivity index (χ0) is 14.0. The fourth-order valence-corrected chi connectivity index (χ4v) is 2.65. The number of nitrogens with two attached hydrogens (primary N) is 1. The van der Waals surface area contributed by atoms with E-state index in [1.807, 2.05) is 13.0 Å². The zero-order valence-electron chi connectivity index (χ0n) is 11.5. The van der Waals surface area contributed by atoms with E-state index in [9.17, 15) is 4.79 Å². The van der Waals surface area contributed by atoms with Crippen LogP contribution in [0.2, 0.25) is 0 Å². The summed E-state index contributed by atoms with van der Waals surface area (Å²) in [5.74, 6) is 0.548. The first kappa shape index (κ1) is 13.8. The third kappa shape index (κ3) is 2.87. The number of nitrogens with zero attached hydrogens (tertiary/aromatic N) is 2. The van der Waals surface area contributed by atoms with Crippen LogP contribution in [0.4, 0.5) is 5.82 Å². The Balaban J connectivity index is 2.25. The van der Waals surface area contributed by atoms with Crippen LogP contribution in [0, 0.1) is 12.8 Å². The largest absolute Gasteiger partial charge is 0.392 e. The number of anilines is 1. The molecule has 2 rings (SSSR count). The van der Waals surface area contributed by atoms with E-state index < -0.39 is 0 Å². The molecule has 1 aliphatic rings. The highest BCUT2D eigenvalue weighted by Gasteiger charge is 2.30. The molecule has 2 unspecified atom stereocenters. The molecule has 104 valence electrons. The van der Waals surface area contributed by atoms with Crippen LogP contribution in [0.25, 0.3) is 0 Å². The maximum atomic E-state index is 11.4. The molecule has 1 saturated heterocycles. The minimum absolute atomic E-state index is 0.00636. The molecule has 1 aromatic heterocycles. The van der Waals surface area contributed by atoms with E-state index in [0.29, 0.717) is 12.6 Å². The van der Waals surface area contributed by atoms with Crippen molar-refractivity contribution in [3.63, 3.8) is 0 Å². The second-order valence-corrected chi connectivity index (χ2v) is 5.32. The number of aliphatic hydroxyl groups excluding tert-OH is 1. The summed E-state index contributed by atoms with van der Waals surface area (Å²) in [4.78, 5) is 17.9. The fourth-order valence-electron chi connectivity index (χ4n) is 2.65. The van der Waals surface area contributed by atoms with Gasteiger partial charge in [0.15, 0.2) is 0 Å². The van der Waals surface area contributed by atoms with Crippen LogP contribution >= 0.6 is 0 Å². The second kappa shape index (κ2) is 5.57. The molecule has 19 heavy (non-hydrogen) atoms. The zero-order valence-corrected chi connectivity index (χ0v) is 11.5. The van der Waals surface area contributed by atoms with Crippen LogP contribution in [0.1, 0.15) is 30.9 Å². The molecule has 1 fully saturated rings. The Kier molecular flexibility index (Phi) is 4.04. The molecule has 1 aromatic rings. The lowest BCUT2D eigenvalue weighted by Crippen LogP contribution is -2.46. The van der Waals surface area contributed by atoms with Crippen LogP contribution in [-0.2, 0) is 11.4 Å². The number of rotatable bonds is 3. The minimum atomic E-state index is -0.235. The van der Waals surface area contributed by atoms with E-state index >= 15 is 0 Å². The first-order valence-corrected chi connectivity index (χ1v) is 6.65. The summed E-state index contributed by atoms with van der Waals surface area (Å²) in [7, 11) is 0. The lowest BCUT2D eigenvalue weighted by molar-refractivity contribution is -0.122. The van der Waals surface area contributed by atoms with Crippen molar-refractivity contribution in [2.24, 2.45) is 11.7 Å². The van der Waals surface area contributed by atoms with Crippen molar-refractivity contribution in [2.75, 3.05) is 11.4 Å². The van der Waals surface area contributed by atoms with Crippen molar-refractivity contribution in [3.05, 3.63) is 23.4 Å². The van der Waals surface area contributed by atoms with E-state index in [1.165, 1.54) is 0 Å². The topological polar surface area (TPSA) is 79.5 Å². The van der Waals surface area contributed by atoms with E-state index in [0.717, 1.165) is 29.8 Å². The smallest absolute Gasteiger partial charge is 0.222 e. The number of carbonyl (C=O) groups excluding carboxylic acids is 1. The molecule has 2 atom stereocenters. The third-order valence-corrected chi connectivity index (χ3v) is 3.85. The molecule has 5 heteroatoms. The number of hydrogen-bond acceptors (Lipinski definition) is 4. The van der Waals surface area contributed by atoms with Crippen LogP contribution in [0.15, 0.2) is 12.3 Å². The van der Waals surface area contributed by atoms with Crippen LogP contribution < -0.4 is 10.6 Å². The molecule has 0 bridgehead atoms. The highest BCUT2D eigenvalue weighted by Crippen LogP contribution is 2.28. The Morgan fingerprint density at radius 2 is 2.32 bits per heavy atom. The Hall–Kier alpha value is -1.62. The van der Waals surface area contributed by atoms with E-state index in [2.05, 4.69) is 16.8 Å². The number of aliphatic hydroxyl groups is 1. The molecule has 0 aromatic carbocycles. The SMILES string of the molecule is Cc1cc(CO)cnc1N1CC(C(N)=O)CCC1C. The molecular formula is C14H21N3O2. The van der Waals surface area contributed by atoms with Crippen molar-refractivity contribution in [1.82, 2.24) is 4.98 Å². The van der Waals surface area contributed by atoms with Gasteiger partial charge in [-0.05, 0) is 43.9 Å². The highest BCUT2D eigenvalue weighted by molar-refractivity contribution is 5.77. The number of primary amides is 1. The fraction of sp³-hybridized carbons (Fsp3) is 0.571. The van der Waals surface area contributed by atoms with Gasteiger partial charge in [-0.15, -0.1) is 0 Å². The van der Waals surface area contributed by atoms with Crippen molar-refractivity contribution < 1.29 is 9.90 Å². The van der Waals surface area contributed by atoms with Gasteiger partial charge in [0.05, 0.1) is 12.5 Å². The monoisotopic (exact) mass is 263 g/mol. The van der Waals surface area contributed by atoms with Gasteiger partial charge in [0.1, 0.15) is 5.82 Å². The summed E-state index contributed by atoms with van der Waals surface area (Å²) in [5, 5.41) is 9.12. The Bertz CT molecular complexity index is 476. The summed E-state index contributed by atoms with van der Waals surface area (Å²) >= 11 is 0. The van der Waals surface area contributed by atoms with E-state index in [4.69, 9.17) is 10.8 Å². The van der Waals surface area contributed by atoms with Crippen molar-refractivity contribution >= 4 is 11.7 Å². The normalized spacial score (nSPS) is 23.4. The number of hydrogen-bond donors (Lipinski definition) is 2. The summed E-state index contributed by atoms with van der Waals surface area (Å²) in [6.45, 7) is 4.73. The molecular weight excluding hydrogens is 242 g/mol. The first-order chi connectivity index (χ1) is 9.02. The predicted molar refractivity (Wildman–Crippen MR) is 73.6 cm³/mol. The third-order valence-electron chi connectivity index (χ3n) is 3.85. The molecule has 1 aliphatic heterocycles. The van der Waals surface area contributed by atoms with Gasteiger partial charge in [-0.2, -0.15) is 0 Å². The second-order valence-electron chi connectivity index (χ2n) is 5.32. The standard InChI is InChI=1S/C14H21N3O2/c1-9-5-11(8-18)6-16-14(9)17-7-12(13(15)19)4-3-10(17)2/h5-6,10,12,18H,3-4,7-8H2,1-2H3,(H2,15,19). The molecule has 0 spiro atoms. The Morgan fingerprint density at radius 1 is 1.58 bits per heavy atom. The van der Waals surface area contributed by atoms with Crippen LogP contribution in [0.3, 0.4) is 0 Å². The molecule has 5 nitrogen and oxygen atoms in total. The average molecular weight is 263 g/mol. The van der Waals surface area contributed by atoms with Crippen molar-refractivity contribution in [3.8, 4) is 0 Å². The van der Waals surface area contributed by atoms with E-state index in [1.54, 1.807) is 6.20 Å². The average Bonchev–Trinajstić information content (AvgIpc) is 2.39. The molecule has 0 aliphatic carbocycles. The molecule has 0 radical (unpaired) electrons. The lowest BCUT2D eigenvalue weighted by Gasteiger charge is -2.38. The first-order valence-electron chi connectivity index (χ1n) is 6.65. The van der Waals surface area contributed by atoms with Gasteiger partial charge in [0.2, 0.25) is 5.91 Å². The number of piperidine rings is 1. The van der Waals surface area contributed by atoms with Crippen LogP contribution in [0.5, 0.6) is 0 Å². The Morgan fingerprint density at radius 3 is 2.89 bits per heavy atom. The molecule has 0 saturated carbocycles.